The number of carbonyl (C=O) groups is 1. The van der Waals surface area contributed by atoms with Crippen LogP contribution in [-0.2, 0) is 4.79 Å². The molecule has 3 atom stereocenters. The molecule has 1 aromatic rings. The SMILES string of the molecule is O=C1NC(CCl)NC2SC=C(c3ccccc3)C12. The zero-order valence-electron chi connectivity index (χ0n) is 9.60. The van der Waals surface area contributed by atoms with Crippen molar-refractivity contribution in [2.75, 3.05) is 5.88 Å². The van der Waals surface area contributed by atoms with E-state index in [1.807, 2.05) is 30.3 Å². The van der Waals surface area contributed by atoms with Crippen molar-refractivity contribution in [2.45, 2.75) is 11.5 Å². The minimum Gasteiger partial charge on any atom is -0.339 e. The average Bonchev–Trinajstić information content (AvgIpc) is 2.84. The third-order valence-electron chi connectivity index (χ3n) is 3.21. The van der Waals surface area contributed by atoms with Gasteiger partial charge in [0.25, 0.3) is 0 Å². The van der Waals surface area contributed by atoms with E-state index in [-0.39, 0.29) is 23.4 Å². The van der Waals surface area contributed by atoms with Crippen LogP contribution in [0.3, 0.4) is 0 Å². The Morgan fingerprint density at radius 1 is 1.28 bits per heavy atom. The van der Waals surface area contributed by atoms with Crippen LogP contribution < -0.4 is 10.6 Å². The van der Waals surface area contributed by atoms with Crippen molar-refractivity contribution in [3.8, 4) is 0 Å². The molecule has 2 aliphatic heterocycles. The number of nitrogens with one attached hydrogen (secondary N) is 2. The monoisotopic (exact) mass is 280 g/mol. The fourth-order valence-corrected chi connectivity index (χ4v) is 3.75. The Morgan fingerprint density at radius 2 is 2.06 bits per heavy atom. The van der Waals surface area contributed by atoms with Crippen LogP contribution in [0.15, 0.2) is 35.7 Å². The molecular formula is C13H13ClN2OS. The number of carbonyl (C=O) groups excluding carboxylic acids is 1. The van der Waals surface area contributed by atoms with E-state index in [1.165, 1.54) is 0 Å². The van der Waals surface area contributed by atoms with E-state index in [1.54, 1.807) is 11.8 Å². The van der Waals surface area contributed by atoms with Crippen LogP contribution in [0.4, 0.5) is 0 Å². The first kappa shape index (κ1) is 12.1. The van der Waals surface area contributed by atoms with Gasteiger partial charge in [0.15, 0.2) is 0 Å². The summed E-state index contributed by atoms with van der Waals surface area (Å²) in [6.07, 6.45) is -0.128. The number of fused-ring (bicyclic) bond motifs is 1. The third-order valence-corrected chi connectivity index (χ3v) is 4.61. The molecular weight excluding hydrogens is 268 g/mol. The standard InChI is InChI=1S/C13H13ClN2OS/c14-6-10-15-12(17)11-9(7-18-13(11)16-10)8-4-2-1-3-5-8/h1-5,7,10-11,13,16H,6H2,(H,15,17). The Labute approximate surface area is 115 Å². The predicted octanol–water partition coefficient (Wildman–Crippen LogP) is 2.00. The first-order valence-corrected chi connectivity index (χ1v) is 7.30. The second-order valence-electron chi connectivity index (χ2n) is 4.36. The summed E-state index contributed by atoms with van der Waals surface area (Å²) in [5.41, 5.74) is 2.20. The molecule has 2 aliphatic rings. The number of hydrogen-bond acceptors (Lipinski definition) is 3. The van der Waals surface area contributed by atoms with Gasteiger partial charge in [0.2, 0.25) is 5.91 Å². The molecule has 5 heteroatoms. The highest BCUT2D eigenvalue weighted by atomic mass is 35.5. The number of benzene rings is 1. The number of alkyl halides is 1. The van der Waals surface area contributed by atoms with Gasteiger partial charge in [0, 0.05) is 0 Å². The average molecular weight is 281 g/mol. The number of hydrogen-bond donors (Lipinski definition) is 2. The molecule has 1 saturated heterocycles. The van der Waals surface area contributed by atoms with Gasteiger partial charge in [-0.1, -0.05) is 30.3 Å². The Morgan fingerprint density at radius 3 is 2.78 bits per heavy atom. The maximum absolute atomic E-state index is 12.2. The highest BCUT2D eigenvalue weighted by Crippen LogP contribution is 2.41. The Balaban J connectivity index is 1.86. The molecule has 3 nitrogen and oxygen atoms in total. The van der Waals surface area contributed by atoms with E-state index in [2.05, 4.69) is 16.0 Å². The number of thioether (sulfide) groups is 1. The van der Waals surface area contributed by atoms with Crippen LogP contribution in [-0.4, -0.2) is 23.3 Å². The quantitative estimate of drug-likeness (QED) is 0.814. The maximum Gasteiger partial charge on any atom is 0.231 e. The van der Waals surface area contributed by atoms with Crippen LogP contribution in [0.1, 0.15) is 5.56 Å². The van der Waals surface area contributed by atoms with Gasteiger partial charge in [-0.3, -0.25) is 10.1 Å². The normalized spacial score (nSPS) is 30.6. The summed E-state index contributed by atoms with van der Waals surface area (Å²) < 4.78 is 0. The lowest BCUT2D eigenvalue weighted by atomic mass is 9.91. The summed E-state index contributed by atoms with van der Waals surface area (Å²) >= 11 is 7.45. The van der Waals surface area contributed by atoms with Gasteiger partial charge in [0.1, 0.15) is 0 Å². The predicted molar refractivity (Wildman–Crippen MR) is 75.1 cm³/mol. The largest absolute Gasteiger partial charge is 0.339 e. The van der Waals surface area contributed by atoms with Gasteiger partial charge >= 0.3 is 0 Å². The van der Waals surface area contributed by atoms with Gasteiger partial charge in [-0.15, -0.1) is 23.4 Å². The maximum atomic E-state index is 12.2. The first-order chi connectivity index (χ1) is 8.79. The molecule has 1 aromatic carbocycles. The molecule has 3 rings (SSSR count). The van der Waals surface area contributed by atoms with Gasteiger partial charge < -0.3 is 5.32 Å². The highest BCUT2D eigenvalue weighted by Gasteiger charge is 2.41. The van der Waals surface area contributed by atoms with Crippen molar-refractivity contribution >= 4 is 34.8 Å². The summed E-state index contributed by atoms with van der Waals surface area (Å²) in [6, 6.07) is 10.0. The molecule has 2 heterocycles. The number of rotatable bonds is 2. The van der Waals surface area contributed by atoms with Gasteiger partial charge in [0.05, 0.1) is 23.3 Å². The van der Waals surface area contributed by atoms with E-state index in [9.17, 15) is 4.79 Å². The highest BCUT2D eigenvalue weighted by molar-refractivity contribution is 8.03. The number of halogens is 1. The van der Waals surface area contributed by atoms with Crippen molar-refractivity contribution in [3.05, 3.63) is 41.3 Å². The van der Waals surface area contributed by atoms with Crippen molar-refractivity contribution in [2.24, 2.45) is 5.92 Å². The third kappa shape index (κ3) is 2.05. The van der Waals surface area contributed by atoms with Gasteiger partial charge in [-0.05, 0) is 16.5 Å². The smallest absolute Gasteiger partial charge is 0.231 e. The van der Waals surface area contributed by atoms with Crippen molar-refractivity contribution in [3.63, 3.8) is 0 Å². The van der Waals surface area contributed by atoms with Crippen LogP contribution in [0, 0.1) is 5.92 Å². The van der Waals surface area contributed by atoms with Gasteiger partial charge in [-0.25, -0.2) is 0 Å². The molecule has 0 spiro atoms. The van der Waals surface area contributed by atoms with Crippen LogP contribution >= 0.6 is 23.4 Å². The zero-order chi connectivity index (χ0) is 12.5. The summed E-state index contributed by atoms with van der Waals surface area (Å²) in [5.74, 6) is 0.317. The summed E-state index contributed by atoms with van der Waals surface area (Å²) in [5, 5.41) is 8.42. The van der Waals surface area contributed by atoms with Crippen molar-refractivity contribution in [1.29, 1.82) is 0 Å². The van der Waals surface area contributed by atoms with Crippen molar-refractivity contribution in [1.82, 2.24) is 10.6 Å². The minimum absolute atomic E-state index is 0.0597. The second-order valence-corrected chi connectivity index (χ2v) is 5.68. The second kappa shape index (κ2) is 4.96. The van der Waals surface area contributed by atoms with E-state index in [0.717, 1.165) is 11.1 Å². The van der Waals surface area contributed by atoms with Gasteiger partial charge in [-0.2, -0.15) is 0 Å². The molecule has 0 aliphatic carbocycles. The Bertz CT molecular complexity index is 491. The molecule has 18 heavy (non-hydrogen) atoms. The lowest BCUT2D eigenvalue weighted by Gasteiger charge is -2.33. The van der Waals surface area contributed by atoms with E-state index < -0.39 is 0 Å². The summed E-state index contributed by atoms with van der Waals surface area (Å²) in [7, 11) is 0. The molecule has 0 aromatic heterocycles. The molecule has 3 unspecified atom stereocenters. The Hall–Kier alpha value is -0.970. The molecule has 1 fully saturated rings. The van der Waals surface area contributed by atoms with E-state index in [0.29, 0.717) is 5.88 Å². The van der Waals surface area contributed by atoms with Crippen LogP contribution in [0.5, 0.6) is 0 Å². The van der Waals surface area contributed by atoms with Crippen molar-refractivity contribution < 1.29 is 4.79 Å². The lowest BCUT2D eigenvalue weighted by molar-refractivity contribution is -0.125. The lowest BCUT2D eigenvalue weighted by Crippen LogP contribution is -2.60. The van der Waals surface area contributed by atoms with Crippen LogP contribution in [0.2, 0.25) is 0 Å². The number of amides is 1. The molecule has 0 bridgehead atoms. The fraction of sp³-hybridized carbons (Fsp3) is 0.308. The topological polar surface area (TPSA) is 41.1 Å². The fourth-order valence-electron chi connectivity index (χ4n) is 2.34. The van der Waals surface area contributed by atoms with Crippen LogP contribution in [0.25, 0.3) is 5.57 Å². The molecule has 0 saturated carbocycles. The minimum atomic E-state index is -0.128. The summed E-state index contributed by atoms with van der Waals surface area (Å²) in [4.78, 5) is 12.2. The molecule has 94 valence electrons. The van der Waals surface area contributed by atoms with E-state index in [4.69, 9.17) is 11.6 Å². The van der Waals surface area contributed by atoms with E-state index >= 15 is 0 Å². The molecule has 2 N–H and O–H groups in total. The first-order valence-electron chi connectivity index (χ1n) is 5.83. The molecule has 0 radical (unpaired) electrons. The molecule has 1 amide bonds. The summed E-state index contributed by atoms with van der Waals surface area (Å²) in [6.45, 7) is 0. The Kier molecular flexibility index (Phi) is 3.33. The zero-order valence-corrected chi connectivity index (χ0v) is 11.2.